The monoisotopic (exact) mass is 394 g/mol. The fourth-order valence-electron chi connectivity index (χ4n) is 2.61. The van der Waals surface area contributed by atoms with E-state index in [9.17, 15) is 17.6 Å². The minimum Gasteiger partial charge on any atom is -0.321 e. The van der Waals surface area contributed by atoms with Gasteiger partial charge in [0.05, 0.1) is 22.2 Å². The van der Waals surface area contributed by atoms with E-state index in [2.05, 4.69) is 5.32 Å². The molecule has 1 amide bonds. The Balaban J connectivity index is 1.75. The van der Waals surface area contributed by atoms with Gasteiger partial charge in [0.2, 0.25) is 15.9 Å². The van der Waals surface area contributed by atoms with Crippen LogP contribution in [-0.4, -0.2) is 26.6 Å². The van der Waals surface area contributed by atoms with Crippen LogP contribution in [0.4, 0.5) is 15.8 Å². The average molecular weight is 395 g/mol. The number of halogens is 2. The number of rotatable bonds is 4. The number of sulfonamides is 1. The summed E-state index contributed by atoms with van der Waals surface area (Å²) in [5.41, 5.74) is 1.45. The van der Waals surface area contributed by atoms with Gasteiger partial charge in [-0.2, -0.15) is 0 Å². The molecule has 0 aromatic heterocycles. The Labute approximate surface area is 156 Å². The van der Waals surface area contributed by atoms with Crippen LogP contribution in [0.1, 0.15) is 12.0 Å². The minimum atomic E-state index is -3.32. The van der Waals surface area contributed by atoms with E-state index < -0.39 is 15.9 Å². The van der Waals surface area contributed by atoms with Crippen molar-refractivity contribution in [2.45, 2.75) is 6.42 Å². The Bertz CT molecular complexity index is 959. The van der Waals surface area contributed by atoms with Gasteiger partial charge in [-0.05, 0) is 48.4 Å². The molecular weight excluding hydrogens is 379 g/mol. The van der Waals surface area contributed by atoms with Crippen molar-refractivity contribution in [3.63, 3.8) is 0 Å². The number of amides is 1. The van der Waals surface area contributed by atoms with E-state index in [0.29, 0.717) is 34.9 Å². The van der Waals surface area contributed by atoms with Gasteiger partial charge in [-0.1, -0.05) is 23.7 Å². The first kappa shape index (κ1) is 18.4. The highest BCUT2D eigenvalue weighted by molar-refractivity contribution is 7.93. The molecule has 8 heteroatoms. The zero-order valence-electron chi connectivity index (χ0n) is 13.7. The van der Waals surface area contributed by atoms with Crippen LogP contribution in [0.5, 0.6) is 0 Å². The molecule has 0 unspecified atom stereocenters. The molecule has 3 rings (SSSR count). The lowest BCUT2D eigenvalue weighted by atomic mass is 10.2. The Morgan fingerprint density at radius 2 is 1.92 bits per heavy atom. The van der Waals surface area contributed by atoms with Gasteiger partial charge in [-0.3, -0.25) is 9.10 Å². The third-order valence-electron chi connectivity index (χ3n) is 3.89. The topological polar surface area (TPSA) is 66.5 Å². The highest BCUT2D eigenvalue weighted by atomic mass is 35.5. The summed E-state index contributed by atoms with van der Waals surface area (Å²) in [4.78, 5) is 12.1. The SMILES string of the molecule is O=C(C=Cc1ccc(F)cc1)Nc1cc(N2CCCS2(=O)=O)ccc1Cl. The zero-order chi connectivity index (χ0) is 18.7. The summed E-state index contributed by atoms with van der Waals surface area (Å²) in [6.45, 7) is 0.405. The van der Waals surface area contributed by atoms with E-state index in [0.717, 1.165) is 0 Å². The molecule has 2 aromatic rings. The fourth-order valence-corrected chi connectivity index (χ4v) is 4.34. The van der Waals surface area contributed by atoms with Crippen molar-refractivity contribution in [2.75, 3.05) is 21.9 Å². The number of anilines is 2. The second kappa shape index (κ2) is 7.47. The third-order valence-corrected chi connectivity index (χ3v) is 6.09. The summed E-state index contributed by atoms with van der Waals surface area (Å²) in [6, 6.07) is 10.4. The molecule has 0 saturated carbocycles. The number of carbonyl (C=O) groups excluding carboxylic acids is 1. The number of carbonyl (C=O) groups is 1. The van der Waals surface area contributed by atoms with Gasteiger partial charge in [-0.15, -0.1) is 0 Å². The maximum Gasteiger partial charge on any atom is 0.248 e. The number of hydrogen-bond donors (Lipinski definition) is 1. The van der Waals surface area contributed by atoms with Crippen molar-refractivity contribution in [1.29, 1.82) is 0 Å². The summed E-state index contributed by atoms with van der Waals surface area (Å²) < 4.78 is 38.2. The van der Waals surface area contributed by atoms with E-state index in [1.54, 1.807) is 24.3 Å². The Morgan fingerprint density at radius 1 is 1.19 bits per heavy atom. The van der Waals surface area contributed by atoms with Gasteiger partial charge in [0.1, 0.15) is 5.82 Å². The van der Waals surface area contributed by atoms with E-state index in [1.165, 1.54) is 34.7 Å². The molecular formula is C18H16ClFN2O3S. The molecule has 1 aliphatic rings. The second-order valence-electron chi connectivity index (χ2n) is 5.78. The number of nitrogens with zero attached hydrogens (tertiary/aromatic N) is 1. The zero-order valence-corrected chi connectivity index (χ0v) is 15.2. The lowest BCUT2D eigenvalue weighted by Gasteiger charge is -2.18. The lowest BCUT2D eigenvalue weighted by molar-refractivity contribution is -0.111. The smallest absolute Gasteiger partial charge is 0.248 e. The highest BCUT2D eigenvalue weighted by Gasteiger charge is 2.28. The molecule has 0 bridgehead atoms. The Morgan fingerprint density at radius 3 is 2.58 bits per heavy atom. The molecule has 1 N–H and O–H groups in total. The largest absolute Gasteiger partial charge is 0.321 e. The maximum atomic E-state index is 12.9. The molecule has 1 saturated heterocycles. The summed E-state index contributed by atoms with van der Waals surface area (Å²) in [7, 11) is -3.32. The van der Waals surface area contributed by atoms with Gasteiger partial charge in [0.15, 0.2) is 0 Å². The summed E-state index contributed by atoms with van der Waals surface area (Å²) in [5.74, 6) is -0.678. The molecule has 0 aliphatic carbocycles. The van der Waals surface area contributed by atoms with Crippen molar-refractivity contribution in [3.8, 4) is 0 Å². The quantitative estimate of drug-likeness (QED) is 0.804. The molecule has 0 spiro atoms. The second-order valence-corrected chi connectivity index (χ2v) is 8.20. The Hall–Kier alpha value is -2.38. The van der Waals surface area contributed by atoms with E-state index in [4.69, 9.17) is 11.6 Å². The van der Waals surface area contributed by atoms with Crippen molar-refractivity contribution in [3.05, 3.63) is 64.9 Å². The van der Waals surface area contributed by atoms with Crippen LogP contribution in [-0.2, 0) is 14.8 Å². The van der Waals surface area contributed by atoms with Crippen molar-refractivity contribution in [2.24, 2.45) is 0 Å². The van der Waals surface area contributed by atoms with Crippen molar-refractivity contribution in [1.82, 2.24) is 0 Å². The lowest BCUT2D eigenvalue weighted by Crippen LogP contribution is -2.25. The van der Waals surface area contributed by atoms with E-state index in [-0.39, 0.29) is 11.6 Å². The number of benzene rings is 2. The van der Waals surface area contributed by atoms with Crippen LogP contribution in [0.15, 0.2) is 48.5 Å². The van der Waals surface area contributed by atoms with Gasteiger partial charge < -0.3 is 5.32 Å². The van der Waals surface area contributed by atoms with E-state index in [1.807, 2.05) is 0 Å². The first-order valence-electron chi connectivity index (χ1n) is 7.90. The molecule has 1 fully saturated rings. The predicted molar refractivity (Wildman–Crippen MR) is 101 cm³/mol. The van der Waals surface area contributed by atoms with Gasteiger partial charge >= 0.3 is 0 Å². The van der Waals surface area contributed by atoms with Crippen molar-refractivity contribution >= 4 is 45.0 Å². The summed E-state index contributed by atoms with van der Waals surface area (Å²) in [5, 5.41) is 2.93. The fraction of sp³-hybridized carbons (Fsp3) is 0.167. The van der Waals surface area contributed by atoms with E-state index >= 15 is 0 Å². The van der Waals surface area contributed by atoms with Gasteiger partial charge in [0.25, 0.3) is 0 Å². The summed E-state index contributed by atoms with van der Waals surface area (Å²) in [6.07, 6.45) is 3.40. The third kappa shape index (κ3) is 4.23. The first-order valence-corrected chi connectivity index (χ1v) is 9.88. The Kier molecular flexibility index (Phi) is 5.29. The van der Waals surface area contributed by atoms with Crippen LogP contribution < -0.4 is 9.62 Å². The van der Waals surface area contributed by atoms with Gasteiger partial charge in [-0.25, -0.2) is 12.8 Å². The minimum absolute atomic E-state index is 0.109. The van der Waals surface area contributed by atoms with Crippen LogP contribution in [0.3, 0.4) is 0 Å². The molecule has 1 heterocycles. The standard InChI is InChI=1S/C18H16ClFN2O3S/c19-16-8-7-15(22-10-1-11-26(22,24)25)12-17(16)21-18(23)9-4-13-2-5-14(20)6-3-13/h2-9,12H,1,10-11H2,(H,21,23). The molecule has 5 nitrogen and oxygen atoms in total. The van der Waals surface area contributed by atoms with Gasteiger partial charge in [0, 0.05) is 12.6 Å². The normalized spacial score (nSPS) is 16.2. The first-order chi connectivity index (χ1) is 12.3. The predicted octanol–water partition coefficient (Wildman–Crippen LogP) is 3.67. The molecule has 0 radical (unpaired) electrons. The highest BCUT2D eigenvalue weighted by Crippen LogP contribution is 2.31. The van der Waals surface area contributed by atoms with Crippen LogP contribution in [0.25, 0.3) is 6.08 Å². The molecule has 0 atom stereocenters. The van der Waals surface area contributed by atoms with Crippen LogP contribution in [0.2, 0.25) is 5.02 Å². The molecule has 2 aromatic carbocycles. The maximum absolute atomic E-state index is 12.9. The number of nitrogens with one attached hydrogen (secondary N) is 1. The molecule has 1 aliphatic heterocycles. The summed E-state index contributed by atoms with van der Waals surface area (Å²) >= 11 is 6.10. The van der Waals surface area contributed by atoms with Crippen molar-refractivity contribution < 1.29 is 17.6 Å². The average Bonchev–Trinajstić information content (AvgIpc) is 2.95. The molecule has 26 heavy (non-hydrogen) atoms. The van der Waals surface area contributed by atoms with Crippen LogP contribution >= 0.6 is 11.6 Å². The number of hydrogen-bond acceptors (Lipinski definition) is 3. The molecule has 136 valence electrons. The van der Waals surface area contributed by atoms with Crippen LogP contribution in [0, 0.1) is 5.82 Å².